The molecular formula is C19H24N6O2. The van der Waals surface area contributed by atoms with Gasteiger partial charge in [-0.3, -0.25) is 9.39 Å². The Hall–Kier alpha value is -3.13. The van der Waals surface area contributed by atoms with Gasteiger partial charge in [-0.25, -0.2) is 0 Å². The van der Waals surface area contributed by atoms with Gasteiger partial charge in [0, 0.05) is 25.4 Å². The van der Waals surface area contributed by atoms with Crippen molar-refractivity contribution in [1.29, 1.82) is 0 Å². The quantitative estimate of drug-likeness (QED) is 0.357. The summed E-state index contributed by atoms with van der Waals surface area (Å²) in [5.74, 6) is 2.34. The van der Waals surface area contributed by atoms with Crippen molar-refractivity contribution in [2.45, 2.75) is 13.2 Å². The SMILES string of the molecule is CN=C(NCCOCc1ccccc1OC)NCc1nnc2ccccn12. The molecule has 8 nitrogen and oxygen atoms in total. The molecule has 2 N–H and O–H groups in total. The van der Waals surface area contributed by atoms with Crippen LogP contribution < -0.4 is 15.4 Å². The van der Waals surface area contributed by atoms with Crippen molar-refractivity contribution in [3.05, 3.63) is 60.0 Å². The van der Waals surface area contributed by atoms with Gasteiger partial charge in [0.1, 0.15) is 5.75 Å². The molecule has 3 aromatic rings. The highest BCUT2D eigenvalue weighted by molar-refractivity contribution is 5.79. The maximum Gasteiger partial charge on any atom is 0.191 e. The van der Waals surface area contributed by atoms with Crippen LogP contribution >= 0.6 is 0 Å². The molecule has 1 aromatic carbocycles. The number of fused-ring (bicyclic) bond motifs is 1. The average molecular weight is 368 g/mol. The molecule has 2 heterocycles. The fourth-order valence-electron chi connectivity index (χ4n) is 2.64. The first-order valence-electron chi connectivity index (χ1n) is 8.74. The molecule has 0 radical (unpaired) electrons. The van der Waals surface area contributed by atoms with E-state index in [1.165, 1.54) is 0 Å². The first-order chi connectivity index (χ1) is 13.3. The van der Waals surface area contributed by atoms with Crippen LogP contribution in [0.1, 0.15) is 11.4 Å². The number of rotatable bonds is 8. The summed E-state index contributed by atoms with van der Waals surface area (Å²) in [6, 6.07) is 13.6. The summed E-state index contributed by atoms with van der Waals surface area (Å²) in [4.78, 5) is 4.21. The van der Waals surface area contributed by atoms with E-state index in [1.807, 2.05) is 53.1 Å². The Morgan fingerprint density at radius 2 is 1.96 bits per heavy atom. The molecule has 142 valence electrons. The van der Waals surface area contributed by atoms with Crippen molar-refractivity contribution < 1.29 is 9.47 Å². The first-order valence-corrected chi connectivity index (χ1v) is 8.74. The summed E-state index contributed by atoms with van der Waals surface area (Å²) in [7, 11) is 3.39. The highest BCUT2D eigenvalue weighted by atomic mass is 16.5. The van der Waals surface area contributed by atoms with Crippen molar-refractivity contribution in [2.75, 3.05) is 27.3 Å². The molecule has 2 aromatic heterocycles. The maximum atomic E-state index is 5.71. The smallest absolute Gasteiger partial charge is 0.191 e. The maximum absolute atomic E-state index is 5.71. The number of nitrogens with one attached hydrogen (secondary N) is 2. The van der Waals surface area contributed by atoms with Gasteiger partial charge in [0.2, 0.25) is 0 Å². The third-order valence-electron chi connectivity index (χ3n) is 4.01. The first kappa shape index (κ1) is 18.7. The molecule has 0 spiro atoms. The largest absolute Gasteiger partial charge is 0.496 e. The molecule has 27 heavy (non-hydrogen) atoms. The Kier molecular flexibility index (Phi) is 6.59. The second-order valence-electron chi connectivity index (χ2n) is 5.76. The van der Waals surface area contributed by atoms with Gasteiger partial charge in [0.15, 0.2) is 17.4 Å². The van der Waals surface area contributed by atoms with Crippen LogP contribution in [0.4, 0.5) is 0 Å². The minimum absolute atomic E-state index is 0.503. The molecule has 0 saturated heterocycles. The lowest BCUT2D eigenvalue weighted by atomic mass is 10.2. The van der Waals surface area contributed by atoms with E-state index in [4.69, 9.17) is 9.47 Å². The standard InChI is InChI=1S/C19H24N6O2/c1-20-19(22-13-18-24-23-17-9-5-6-11-25(17)18)21-10-12-27-14-15-7-3-4-8-16(15)26-2/h3-9,11H,10,12-14H2,1-2H3,(H2,20,21,22). The number of benzene rings is 1. The van der Waals surface area contributed by atoms with Gasteiger partial charge in [-0.2, -0.15) is 0 Å². The van der Waals surface area contributed by atoms with Crippen LogP contribution in [0.15, 0.2) is 53.7 Å². The topological polar surface area (TPSA) is 85.1 Å². The van der Waals surface area contributed by atoms with Crippen molar-refractivity contribution in [3.63, 3.8) is 0 Å². The van der Waals surface area contributed by atoms with Gasteiger partial charge < -0.3 is 20.1 Å². The number of aliphatic imine (C=N–C) groups is 1. The molecule has 8 heteroatoms. The summed E-state index contributed by atoms with van der Waals surface area (Å²) in [5.41, 5.74) is 1.85. The summed E-state index contributed by atoms with van der Waals surface area (Å²) >= 11 is 0. The Morgan fingerprint density at radius 1 is 1.11 bits per heavy atom. The van der Waals surface area contributed by atoms with Gasteiger partial charge >= 0.3 is 0 Å². The number of aromatic nitrogens is 3. The summed E-state index contributed by atoms with van der Waals surface area (Å²) < 4.78 is 13.0. The molecule has 0 fully saturated rings. The molecule has 0 bridgehead atoms. The monoisotopic (exact) mass is 368 g/mol. The second-order valence-corrected chi connectivity index (χ2v) is 5.76. The Balaban J connectivity index is 1.40. The van der Waals surface area contributed by atoms with E-state index >= 15 is 0 Å². The zero-order valence-corrected chi connectivity index (χ0v) is 15.6. The minimum atomic E-state index is 0.503. The van der Waals surface area contributed by atoms with Crippen LogP contribution in [0.5, 0.6) is 5.75 Å². The number of hydrogen-bond donors (Lipinski definition) is 2. The summed E-state index contributed by atoms with van der Waals surface area (Å²) in [5, 5.41) is 14.8. The van der Waals surface area contributed by atoms with Crippen molar-refractivity contribution in [3.8, 4) is 5.75 Å². The molecule has 0 atom stereocenters. The fourth-order valence-corrected chi connectivity index (χ4v) is 2.64. The average Bonchev–Trinajstić information content (AvgIpc) is 3.13. The van der Waals surface area contributed by atoms with Gasteiger partial charge in [-0.1, -0.05) is 24.3 Å². The molecule has 3 rings (SSSR count). The number of nitrogens with zero attached hydrogens (tertiary/aromatic N) is 4. The van der Waals surface area contributed by atoms with Crippen LogP contribution in [0, 0.1) is 0 Å². The predicted octanol–water partition coefficient (Wildman–Crippen LogP) is 1.62. The van der Waals surface area contributed by atoms with Gasteiger partial charge in [0.25, 0.3) is 0 Å². The molecule has 0 unspecified atom stereocenters. The summed E-state index contributed by atoms with van der Waals surface area (Å²) in [6.45, 7) is 2.21. The molecular weight excluding hydrogens is 344 g/mol. The Labute approximate surface area is 158 Å². The third kappa shape index (κ3) is 4.95. The lowest BCUT2D eigenvalue weighted by molar-refractivity contribution is 0.123. The van der Waals surface area contributed by atoms with Crippen molar-refractivity contribution >= 4 is 11.6 Å². The molecule has 0 aliphatic rings. The van der Waals surface area contributed by atoms with Crippen LogP contribution in [0.25, 0.3) is 5.65 Å². The second kappa shape index (κ2) is 9.54. The van der Waals surface area contributed by atoms with Crippen LogP contribution in [-0.2, 0) is 17.9 Å². The van der Waals surface area contributed by atoms with E-state index in [2.05, 4.69) is 25.8 Å². The summed E-state index contributed by atoms with van der Waals surface area (Å²) in [6.07, 6.45) is 1.94. The predicted molar refractivity (Wildman–Crippen MR) is 104 cm³/mol. The fraction of sp³-hybridized carbons (Fsp3) is 0.316. The van der Waals surface area contributed by atoms with Gasteiger partial charge in [0.05, 0.1) is 26.9 Å². The lowest BCUT2D eigenvalue weighted by Gasteiger charge is -2.12. The molecule has 0 saturated carbocycles. The van der Waals surface area contributed by atoms with E-state index in [-0.39, 0.29) is 0 Å². The molecule has 0 aliphatic heterocycles. The Bertz CT molecular complexity index is 893. The van der Waals surface area contributed by atoms with E-state index in [9.17, 15) is 0 Å². The highest BCUT2D eigenvalue weighted by Crippen LogP contribution is 2.17. The normalized spacial score (nSPS) is 11.6. The molecule has 0 amide bonds. The lowest BCUT2D eigenvalue weighted by Crippen LogP contribution is -2.38. The van der Waals surface area contributed by atoms with E-state index in [0.717, 1.165) is 22.8 Å². The van der Waals surface area contributed by atoms with Gasteiger partial charge in [-0.15, -0.1) is 10.2 Å². The number of hydrogen-bond acceptors (Lipinski definition) is 5. The number of pyridine rings is 1. The number of ether oxygens (including phenoxy) is 2. The van der Waals surface area contributed by atoms with Crippen LogP contribution in [-0.4, -0.2) is 47.9 Å². The van der Waals surface area contributed by atoms with Gasteiger partial charge in [-0.05, 0) is 18.2 Å². The van der Waals surface area contributed by atoms with E-state index in [1.54, 1.807) is 14.2 Å². The number of para-hydroxylation sites is 1. The zero-order valence-electron chi connectivity index (χ0n) is 15.6. The van der Waals surface area contributed by atoms with E-state index in [0.29, 0.717) is 32.3 Å². The number of guanidine groups is 1. The van der Waals surface area contributed by atoms with Crippen molar-refractivity contribution in [2.24, 2.45) is 4.99 Å². The van der Waals surface area contributed by atoms with Crippen LogP contribution in [0.2, 0.25) is 0 Å². The zero-order chi connectivity index (χ0) is 18.9. The minimum Gasteiger partial charge on any atom is -0.496 e. The molecule has 0 aliphatic carbocycles. The van der Waals surface area contributed by atoms with Crippen LogP contribution in [0.3, 0.4) is 0 Å². The Morgan fingerprint density at radius 3 is 2.81 bits per heavy atom. The highest BCUT2D eigenvalue weighted by Gasteiger charge is 2.06. The number of methoxy groups -OCH3 is 1. The van der Waals surface area contributed by atoms with Crippen molar-refractivity contribution in [1.82, 2.24) is 25.2 Å². The third-order valence-corrected chi connectivity index (χ3v) is 4.01. The van der Waals surface area contributed by atoms with E-state index < -0.39 is 0 Å².